The topological polar surface area (TPSA) is 21.3 Å². The van der Waals surface area contributed by atoms with Crippen molar-refractivity contribution in [3.63, 3.8) is 0 Å². The Balaban J connectivity index is 1.74. The Kier molecular flexibility index (Phi) is 3.13. The average Bonchev–Trinajstić information content (AvgIpc) is 2.90. The smallest absolute Gasteiger partial charge is 0.0571 e. The number of rotatable bonds is 4. The van der Waals surface area contributed by atoms with E-state index in [0.717, 1.165) is 17.9 Å². The van der Waals surface area contributed by atoms with Crippen molar-refractivity contribution in [2.24, 2.45) is 11.3 Å². The van der Waals surface area contributed by atoms with Crippen molar-refractivity contribution in [1.82, 2.24) is 5.32 Å². The van der Waals surface area contributed by atoms with Crippen LogP contribution < -0.4 is 5.32 Å². The van der Waals surface area contributed by atoms with Crippen molar-refractivity contribution >= 4 is 0 Å². The lowest BCUT2D eigenvalue weighted by Gasteiger charge is -2.28. The maximum atomic E-state index is 5.41. The first-order valence-electron chi connectivity index (χ1n) is 6.04. The summed E-state index contributed by atoms with van der Waals surface area (Å²) in [7, 11) is 1.85. The average molecular weight is 197 g/mol. The van der Waals surface area contributed by atoms with Gasteiger partial charge in [0.15, 0.2) is 0 Å². The van der Waals surface area contributed by atoms with Gasteiger partial charge >= 0.3 is 0 Å². The summed E-state index contributed by atoms with van der Waals surface area (Å²) in [6.07, 6.45) is 7.42. The minimum atomic E-state index is 0.556. The minimum Gasteiger partial charge on any atom is -0.381 e. The molecule has 2 saturated carbocycles. The van der Waals surface area contributed by atoms with Gasteiger partial charge in [0, 0.05) is 7.11 Å². The van der Waals surface area contributed by atoms with E-state index in [-0.39, 0.29) is 0 Å². The van der Waals surface area contributed by atoms with E-state index in [1.54, 1.807) is 0 Å². The number of hydrogen-bond donors (Lipinski definition) is 1. The monoisotopic (exact) mass is 197 g/mol. The molecule has 2 nitrogen and oxygen atoms in total. The first kappa shape index (κ1) is 10.4. The van der Waals surface area contributed by atoms with Crippen molar-refractivity contribution in [1.29, 1.82) is 0 Å². The molecule has 0 radical (unpaired) electrons. The summed E-state index contributed by atoms with van der Waals surface area (Å²) in [6, 6.07) is 0. The highest BCUT2D eigenvalue weighted by atomic mass is 16.5. The van der Waals surface area contributed by atoms with Gasteiger partial charge in [0.25, 0.3) is 0 Å². The lowest BCUT2D eigenvalue weighted by molar-refractivity contribution is 0.0492. The SMILES string of the molecule is CCNCC1CC12CCC(OC)CC2. The highest BCUT2D eigenvalue weighted by Crippen LogP contribution is 2.61. The lowest BCUT2D eigenvalue weighted by atomic mass is 9.83. The second-order valence-electron chi connectivity index (χ2n) is 5.01. The van der Waals surface area contributed by atoms with Crippen LogP contribution in [-0.2, 0) is 4.74 Å². The number of nitrogens with one attached hydrogen (secondary N) is 1. The first-order chi connectivity index (χ1) is 6.80. The number of methoxy groups -OCH3 is 1. The molecule has 0 amide bonds. The highest BCUT2D eigenvalue weighted by Gasteiger charge is 2.54. The van der Waals surface area contributed by atoms with Crippen LogP contribution in [0.15, 0.2) is 0 Å². The first-order valence-corrected chi connectivity index (χ1v) is 6.04. The molecule has 14 heavy (non-hydrogen) atoms. The van der Waals surface area contributed by atoms with Gasteiger partial charge in [-0.3, -0.25) is 0 Å². The van der Waals surface area contributed by atoms with E-state index < -0.39 is 0 Å². The zero-order valence-corrected chi connectivity index (χ0v) is 9.51. The summed E-state index contributed by atoms with van der Waals surface area (Å²) in [5.41, 5.74) is 0.733. The van der Waals surface area contributed by atoms with Crippen molar-refractivity contribution in [3.05, 3.63) is 0 Å². The van der Waals surface area contributed by atoms with E-state index in [2.05, 4.69) is 12.2 Å². The van der Waals surface area contributed by atoms with Crippen LogP contribution in [-0.4, -0.2) is 26.3 Å². The Labute approximate surface area is 87.4 Å². The highest BCUT2D eigenvalue weighted by molar-refractivity contribution is 5.05. The largest absolute Gasteiger partial charge is 0.381 e. The Morgan fingerprint density at radius 3 is 2.64 bits per heavy atom. The van der Waals surface area contributed by atoms with E-state index in [9.17, 15) is 0 Å². The van der Waals surface area contributed by atoms with Gasteiger partial charge in [-0.2, -0.15) is 0 Å². The third kappa shape index (κ3) is 1.96. The molecular weight excluding hydrogens is 174 g/mol. The second-order valence-corrected chi connectivity index (χ2v) is 5.01. The Morgan fingerprint density at radius 1 is 1.36 bits per heavy atom. The predicted molar refractivity (Wildman–Crippen MR) is 58.3 cm³/mol. The van der Waals surface area contributed by atoms with Gasteiger partial charge in [0.1, 0.15) is 0 Å². The van der Waals surface area contributed by atoms with Gasteiger partial charge in [-0.25, -0.2) is 0 Å². The van der Waals surface area contributed by atoms with Crippen molar-refractivity contribution in [3.8, 4) is 0 Å². The third-order valence-corrected chi connectivity index (χ3v) is 4.26. The summed E-state index contributed by atoms with van der Waals surface area (Å²) in [5.74, 6) is 0.972. The van der Waals surface area contributed by atoms with Crippen LogP contribution in [0.25, 0.3) is 0 Å². The molecule has 0 heterocycles. The van der Waals surface area contributed by atoms with Crippen molar-refractivity contribution < 1.29 is 4.74 Å². The van der Waals surface area contributed by atoms with Crippen LogP contribution >= 0.6 is 0 Å². The van der Waals surface area contributed by atoms with Crippen LogP contribution in [0, 0.1) is 11.3 Å². The maximum absolute atomic E-state index is 5.41. The van der Waals surface area contributed by atoms with Gasteiger partial charge in [0.2, 0.25) is 0 Å². The van der Waals surface area contributed by atoms with Crippen molar-refractivity contribution in [2.45, 2.75) is 45.1 Å². The summed E-state index contributed by atoms with van der Waals surface area (Å²) in [4.78, 5) is 0. The number of hydrogen-bond acceptors (Lipinski definition) is 2. The quantitative estimate of drug-likeness (QED) is 0.746. The molecule has 0 aliphatic heterocycles. The molecule has 1 unspecified atom stereocenters. The second kappa shape index (κ2) is 4.19. The molecule has 0 aromatic carbocycles. The van der Waals surface area contributed by atoms with E-state index in [1.807, 2.05) is 7.11 Å². The fourth-order valence-electron chi connectivity index (χ4n) is 3.05. The molecule has 1 spiro atoms. The van der Waals surface area contributed by atoms with E-state index in [4.69, 9.17) is 4.74 Å². The van der Waals surface area contributed by atoms with Crippen LogP contribution in [0.5, 0.6) is 0 Å². The standard InChI is InChI=1S/C12H23NO/c1-3-13-9-10-8-12(10)6-4-11(14-2)5-7-12/h10-11,13H,3-9H2,1-2H3. The minimum absolute atomic E-state index is 0.556. The number of ether oxygens (including phenoxy) is 1. The molecule has 2 heteroatoms. The van der Waals surface area contributed by atoms with E-state index in [1.165, 1.54) is 38.6 Å². The molecule has 1 atom stereocenters. The fourth-order valence-corrected chi connectivity index (χ4v) is 3.05. The summed E-state index contributed by atoms with van der Waals surface area (Å²) >= 11 is 0. The van der Waals surface area contributed by atoms with Gasteiger partial charge in [0.05, 0.1) is 6.10 Å². The lowest BCUT2D eigenvalue weighted by Crippen LogP contribution is -2.25. The Morgan fingerprint density at radius 2 is 2.07 bits per heavy atom. The van der Waals surface area contributed by atoms with Gasteiger partial charge < -0.3 is 10.1 Å². The summed E-state index contributed by atoms with van der Waals surface area (Å²) in [5, 5.41) is 3.48. The fraction of sp³-hybridized carbons (Fsp3) is 1.00. The molecule has 0 aromatic heterocycles. The third-order valence-electron chi connectivity index (χ3n) is 4.26. The van der Waals surface area contributed by atoms with Gasteiger partial charge in [-0.05, 0) is 56.5 Å². The molecule has 82 valence electrons. The van der Waals surface area contributed by atoms with Crippen LogP contribution in [0.2, 0.25) is 0 Å². The molecule has 0 saturated heterocycles. The van der Waals surface area contributed by atoms with Gasteiger partial charge in [-0.15, -0.1) is 0 Å². The molecule has 1 N–H and O–H groups in total. The molecule has 2 fully saturated rings. The predicted octanol–water partition coefficient (Wildman–Crippen LogP) is 2.19. The maximum Gasteiger partial charge on any atom is 0.0571 e. The Hall–Kier alpha value is -0.0800. The molecule has 2 aliphatic carbocycles. The Bertz CT molecular complexity index is 185. The van der Waals surface area contributed by atoms with Gasteiger partial charge in [-0.1, -0.05) is 6.92 Å². The summed E-state index contributed by atoms with van der Waals surface area (Å²) in [6.45, 7) is 4.55. The molecule has 0 aromatic rings. The zero-order valence-electron chi connectivity index (χ0n) is 9.51. The summed E-state index contributed by atoms with van der Waals surface area (Å²) < 4.78 is 5.41. The van der Waals surface area contributed by atoms with Crippen LogP contribution in [0.1, 0.15) is 39.0 Å². The van der Waals surface area contributed by atoms with Crippen molar-refractivity contribution in [2.75, 3.05) is 20.2 Å². The molecule has 2 rings (SSSR count). The van der Waals surface area contributed by atoms with E-state index >= 15 is 0 Å². The molecule has 2 aliphatic rings. The molecule has 0 bridgehead atoms. The van der Waals surface area contributed by atoms with E-state index in [0.29, 0.717) is 6.10 Å². The molecular formula is C12H23NO. The van der Waals surface area contributed by atoms with Crippen LogP contribution in [0.3, 0.4) is 0 Å². The van der Waals surface area contributed by atoms with Crippen LogP contribution in [0.4, 0.5) is 0 Å². The zero-order chi connectivity index (χ0) is 10.0. The normalized spacial score (nSPS) is 41.6.